The molecule has 0 aromatic heterocycles. The molecule has 1 saturated carbocycles. The van der Waals surface area contributed by atoms with Gasteiger partial charge in [0.15, 0.2) is 11.5 Å². The Morgan fingerprint density at radius 3 is 2.64 bits per heavy atom. The number of likely N-dealkylation sites (tertiary alicyclic amines) is 1. The van der Waals surface area contributed by atoms with Gasteiger partial charge in [0.25, 0.3) is 0 Å². The van der Waals surface area contributed by atoms with Crippen molar-refractivity contribution < 1.29 is 19.1 Å². The molecule has 4 rings (SSSR count). The molecule has 0 bridgehead atoms. The zero-order chi connectivity index (χ0) is 17.2. The number of benzene rings is 1. The lowest BCUT2D eigenvalue weighted by Crippen LogP contribution is -2.38. The van der Waals surface area contributed by atoms with E-state index in [1.807, 2.05) is 4.90 Å². The smallest absolute Gasteiger partial charge is 0.229 e. The Bertz CT molecular complexity index is 669. The highest BCUT2D eigenvalue weighted by Gasteiger charge is 2.38. The van der Waals surface area contributed by atoms with E-state index < -0.39 is 0 Å². The number of hydrogen-bond acceptors (Lipinski definition) is 4. The van der Waals surface area contributed by atoms with E-state index in [1.54, 1.807) is 18.2 Å². The summed E-state index contributed by atoms with van der Waals surface area (Å²) in [6.45, 7) is 1.59. The Hall–Kier alpha value is -2.24. The fraction of sp³-hybridized carbons (Fsp3) is 0.579. The number of nitrogens with one attached hydrogen (secondary N) is 1. The number of hydrogen-bond donors (Lipinski definition) is 1. The zero-order valence-electron chi connectivity index (χ0n) is 14.3. The van der Waals surface area contributed by atoms with Crippen LogP contribution in [-0.2, 0) is 9.59 Å². The molecule has 0 spiro atoms. The molecule has 1 saturated heterocycles. The maximum atomic E-state index is 12.6. The Morgan fingerprint density at radius 1 is 1.08 bits per heavy atom. The molecule has 1 atom stereocenters. The van der Waals surface area contributed by atoms with Gasteiger partial charge in [0.1, 0.15) is 13.2 Å². The lowest BCUT2D eigenvalue weighted by molar-refractivity contribution is -0.130. The summed E-state index contributed by atoms with van der Waals surface area (Å²) in [5.41, 5.74) is 0.679. The third kappa shape index (κ3) is 3.43. The molecule has 2 fully saturated rings. The minimum atomic E-state index is -0.275. The van der Waals surface area contributed by atoms with Crippen molar-refractivity contribution in [3.05, 3.63) is 18.2 Å². The highest BCUT2D eigenvalue weighted by atomic mass is 16.6. The summed E-state index contributed by atoms with van der Waals surface area (Å²) in [6.07, 6.45) is 6.08. The molecular formula is C19H24N2O4. The summed E-state index contributed by atoms with van der Waals surface area (Å²) in [5, 5.41) is 2.92. The zero-order valence-corrected chi connectivity index (χ0v) is 14.3. The fourth-order valence-corrected chi connectivity index (χ4v) is 4.02. The van der Waals surface area contributed by atoms with E-state index in [0.29, 0.717) is 49.4 Å². The highest BCUT2D eigenvalue weighted by Crippen LogP contribution is 2.33. The molecule has 6 heteroatoms. The number of nitrogens with zero attached hydrogens (tertiary/aromatic N) is 1. The van der Waals surface area contributed by atoms with Crippen LogP contribution in [0.25, 0.3) is 0 Å². The second-order valence-corrected chi connectivity index (χ2v) is 7.09. The average Bonchev–Trinajstić information content (AvgIpc) is 3.04. The van der Waals surface area contributed by atoms with Gasteiger partial charge >= 0.3 is 0 Å². The minimum absolute atomic E-state index is 0.0941. The molecule has 25 heavy (non-hydrogen) atoms. The minimum Gasteiger partial charge on any atom is -0.486 e. The molecule has 0 radical (unpaired) electrons. The summed E-state index contributed by atoms with van der Waals surface area (Å²) >= 11 is 0. The molecule has 1 N–H and O–H groups in total. The summed E-state index contributed by atoms with van der Waals surface area (Å²) in [7, 11) is 0. The van der Waals surface area contributed by atoms with Crippen molar-refractivity contribution >= 4 is 17.5 Å². The number of rotatable bonds is 3. The third-order valence-electron chi connectivity index (χ3n) is 5.35. The normalized spacial score (nSPS) is 23.6. The Labute approximate surface area is 147 Å². The van der Waals surface area contributed by atoms with Crippen LogP contribution in [-0.4, -0.2) is 42.5 Å². The number of carbonyl (C=O) groups excluding carboxylic acids is 2. The molecule has 2 amide bonds. The maximum Gasteiger partial charge on any atom is 0.229 e. The molecule has 0 unspecified atom stereocenters. The lowest BCUT2D eigenvalue weighted by atomic mass is 9.94. The number of anilines is 1. The fourth-order valence-electron chi connectivity index (χ4n) is 4.02. The number of ether oxygens (including phenoxy) is 2. The van der Waals surface area contributed by atoms with E-state index in [9.17, 15) is 9.59 Å². The van der Waals surface area contributed by atoms with Crippen molar-refractivity contribution in [2.24, 2.45) is 5.92 Å². The third-order valence-corrected chi connectivity index (χ3v) is 5.35. The number of carbonyl (C=O) groups is 2. The monoisotopic (exact) mass is 344 g/mol. The van der Waals surface area contributed by atoms with E-state index >= 15 is 0 Å². The Morgan fingerprint density at radius 2 is 1.84 bits per heavy atom. The highest BCUT2D eigenvalue weighted by molar-refractivity contribution is 5.97. The van der Waals surface area contributed by atoms with Crippen LogP contribution in [0.5, 0.6) is 11.5 Å². The summed E-state index contributed by atoms with van der Waals surface area (Å²) in [4.78, 5) is 26.9. The Kier molecular flexibility index (Phi) is 4.51. The van der Waals surface area contributed by atoms with Gasteiger partial charge in [0.05, 0.1) is 5.92 Å². The molecule has 2 aliphatic heterocycles. The van der Waals surface area contributed by atoms with Crippen LogP contribution in [0.1, 0.15) is 38.5 Å². The molecule has 3 aliphatic rings. The molecule has 6 nitrogen and oxygen atoms in total. The number of amides is 2. The Balaban J connectivity index is 1.39. The van der Waals surface area contributed by atoms with E-state index in [1.165, 1.54) is 19.3 Å². The van der Waals surface area contributed by atoms with Crippen molar-refractivity contribution in [3.63, 3.8) is 0 Å². The van der Waals surface area contributed by atoms with Crippen molar-refractivity contribution in [2.45, 2.75) is 44.6 Å². The molecule has 1 aliphatic carbocycles. The van der Waals surface area contributed by atoms with Gasteiger partial charge < -0.3 is 19.7 Å². The molecule has 1 aromatic carbocycles. The maximum absolute atomic E-state index is 12.6. The van der Waals surface area contributed by atoms with Gasteiger partial charge in [-0.1, -0.05) is 19.3 Å². The molecule has 2 heterocycles. The predicted molar refractivity (Wildman–Crippen MR) is 92.8 cm³/mol. The van der Waals surface area contributed by atoms with Crippen molar-refractivity contribution in [2.75, 3.05) is 25.1 Å². The first-order chi connectivity index (χ1) is 12.2. The predicted octanol–water partition coefficient (Wildman–Crippen LogP) is 2.58. The second kappa shape index (κ2) is 6.94. The first-order valence-corrected chi connectivity index (χ1v) is 9.21. The van der Waals surface area contributed by atoms with Crippen LogP contribution in [0.3, 0.4) is 0 Å². The van der Waals surface area contributed by atoms with Gasteiger partial charge in [-0.05, 0) is 25.0 Å². The van der Waals surface area contributed by atoms with Crippen LogP contribution < -0.4 is 14.8 Å². The van der Waals surface area contributed by atoms with Crippen LogP contribution in [0.2, 0.25) is 0 Å². The van der Waals surface area contributed by atoms with Crippen LogP contribution >= 0.6 is 0 Å². The van der Waals surface area contributed by atoms with Crippen LogP contribution in [0.4, 0.5) is 5.69 Å². The van der Waals surface area contributed by atoms with E-state index in [0.717, 1.165) is 12.8 Å². The van der Waals surface area contributed by atoms with Crippen molar-refractivity contribution in [1.29, 1.82) is 0 Å². The lowest BCUT2D eigenvalue weighted by Gasteiger charge is -2.31. The molecule has 134 valence electrons. The molecular weight excluding hydrogens is 320 g/mol. The van der Waals surface area contributed by atoms with Gasteiger partial charge in [0.2, 0.25) is 11.8 Å². The van der Waals surface area contributed by atoms with Gasteiger partial charge in [-0.2, -0.15) is 0 Å². The van der Waals surface area contributed by atoms with Gasteiger partial charge in [-0.25, -0.2) is 0 Å². The van der Waals surface area contributed by atoms with Crippen molar-refractivity contribution in [1.82, 2.24) is 4.90 Å². The number of fused-ring (bicyclic) bond motifs is 1. The topological polar surface area (TPSA) is 67.9 Å². The summed E-state index contributed by atoms with van der Waals surface area (Å²) in [5.74, 6) is 1.10. The molecule has 1 aromatic rings. The standard InChI is InChI=1S/C19H24N2O4/c22-18-10-13(12-21(18)15-4-2-1-3-5-15)19(23)20-14-6-7-16-17(11-14)25-9-8-24-16/h6-7,11,13,15H,1-5,8-10,12H2,(H,20,23)/t13-/m1/s1. The first kappa shape index (κ1) is 16.2. The van der Waals surface area contributed by atoms with Crippen LogP contribution in [0, 0.1) is 5.92 Å². The van der Waals surface area contributed by atoms with Gasteiger partial charge in [-0.3, -0.25) is 9.59 Å². The summed E-state index contributed by atoms with van der Waals surface area (Å²) in [6, 6.07) is 5.72. The first-order valence-electron chi connectivity index (χ1n) is 9.21. The van der Waals surface area contributed by atoms with Crippen molar-refractivity contribution in [3.8, 4) is 11.5 Å². The van der Waals surface area contributed by atoms with E-state index in [-0.39, 0.29) is 17.7 Å². The van der Waals surface area contributed by atoms with E-state index in [2.05, 4.69) is 5.32 Å². The average molecular weight is 344 g/mol. The largest absolute Gasteiger partial charge is 0.486 e. The summed E-state index contributed by atoms with van der Waals surface area (Å²) < 4.78 is 11.0. The van der Waals surface area contributed by atoms with E-state index in [4.69, 9.17) is 9.47 Å². The second-order valence-electron chi connectivity index (χ2n) is 7.09. The van der Waals surface area contributed by atoms with Crippen LogP contribution in [0.15, 0.2) is 18.2 Å². The van der Waals surface area contributed by atoms with Gasteiger partial charge in [0, 0.05) is 30.8 Å². The SMILES string of the molecule is O=C(Nc1ccc2c(c1)OCCO2)[C@@H]1CC(=O)N(C2CCCCC2)C1. The van der Waals surface area contributed by atoms with Gasteiger partial charge in [-0.15, -0.1) is 0 Å². The quantitative estimate of drug-likeness (QED) is 0.915.